The van der Waals surface area contributed by atoms with Crippen molar-refractivity contribution in [2.24, 2.45) is 5.92 Å². The number of fused-ring (bicyclic) bond motifs is 1. The van der Waals surface area contributed by atoms with Crippen molar-refractivity contribution < 1.29 is 14.0 Å². The summed E-state index contributed by atoms with van der Waals surface area (Å²) in [4.78, 5) is 34.0. The lowest BCUT2D eigenvalue weighted by atomic mass is 9.77. The van der Waals surface area contributed by atoms with Crippen LogP contribution in [0.1, 0.15) is 57.3 Å². The molecular formula is C22H28N4O3. The maximum atomic E-state index is 13.1. The van der Waals surface area contributed by atoms with Gasteiger partial charge < -0.3 is 9.73 Å². The average Bonchev–Trinajstić information content (AvgIpc) is 3.26. The van der Waals surface area contributed by atoms with Crippen LogP contribution < -0.4 is 5.32 Å². The molecule has 1 unspecified atom stereocenters. The third-order valence-electron chi connectivity index (χ3n) is 6.88. The number of nitrogens with zero attached hydrogens (tertiary/aromatic N) is 3. The number of para-hydroxylation sites is 2. The largest absolute Gasteiger partial charge is 0.440 e. The van der Waals surface area contributed by atoms with E-state index in [0.29, 0.717) is 12.6 Å². The SMILES string of the molecule is CC1CCC2(CC1)NC(=O)N(CN1CCCC(c3nc4ccccc4o3)C1)C2=O. The molecule has 29 heavy (non-hydrogen) atoms. The standard InChI is InChI=1S/C22H28N4O3/c1-15-8-10-22(11-9-15)20(27)26(21(28)24-22)14-25-12-4-5-16(13-25)19-23-17-6-2-3-7-18(17)29-19/h2-3,6-7,15-16H,4-5,8-14H2,1H3,(H,24,28). The fourth-order valence-electron chi connectivity index (χ4n) is 5.05. The van der Waals surface area contributed by atoms with E-state index in [-0.39, 0.29) is 17.9 Å². The summed E-state index contributed by atoms with van der Waals surface area (Å²) in [7, 11) is 0. The minimum atomic E-state index is -0.668. The van der Waals surface area contributed by atoms with Gasteiger partial charge >= 0.3 is 6.03 Å². The van der Waals surface area contributed by atoms with Crippen molar-refractivity contribution in [3.8, 4) is 0 Å². The number of oxazole rings is 1. The third kappa shape index (κ3) is 3.31. The Morgan fingerprint density at radius 3 is 2.79 bits per heavy atom. The van der Waals surface area contributed by atoms with Crippen molar-refractivity contribution in [1.29, 1.82) is 0 Å². The van der Waals surface area contributed by atoms with Crippen LogP contribution in [0.4, 0.5) is 4.79 Å². The molecule has 154 valence electrons. The molecule has 1 N–H and O–H groups in total. The lowest BCUT2D eigenvalue weighted by molar-refractivity contribution is -0.134. The Morgan fingerprint density at radius 1 is 1.21 bits per heavy atom. The summed E-state index contributed by atoms with van der Waals surface area (Å²) < 4.78 is 5.97. The molecule has 1 aromatic carbocycles. The Morgan fingerprint density at radius 2 is 2.00 bits per heavy atom. The molecule has 3 heterocycles. The second-order valence-electron chi connectivity index (χ2n) is 9.01. The van der Waals surface area contributed by atoms with E-state index in [4.69, 9.17) is 4.42 Å². The van der Waals surface area contributed by atoms with E-state index in [2.05, 4.69) is 22.1 Å². The first-order valence-corrected chi connectivity index (χ1v) is 10.8. The maximum absolute atomic E-state index is 13.1. The van der Waals surface area contributed by atoms with Crippen LogP contribution in [-0.4, -0.2) is 52.0 Å². The molecule has 3 aliphatic rings. The first kappa shape index (κ1) is 18.6. The highest BCUT2D eigenvalue weighted by molar-refractivity contribution is 6.07. The molecular weight excluding hydrogens is 368 g/mol. The molecule has 1 aromatic heterocycles. The second kappa shape index (κ2) is 7.13. The Bertz CT molecular complexity index is 898. The van der Waals surface area contributed by atoms with Crippen molar-refractivity contribution in [3.05, 3.63) is 30.2 Å². The summed E-state index contributed by atoms with van der Waals surface area (Å²) in [5, 5.41) is 3.02. The van der Waals surface area contributed by atoms with Crippen molar-refractivity contribution in [3.63, 3.8) is 0 Å². The summed E-state index contributed by atoms with van der Waals surface area (Å²) in [6.07, 6.45) is 5.48. The molecule has 0 radical (unpaired) electrons. The summed E-state index contributed by atoms with van der Waals surface area (Å²) >= 11 is 0. The molecule has 5 rings (SSSR count). The number of hydrogen-bond acceptors (Lipinski definition) is 5. The smallest absolute Gasteiger partial charge is 0.326 e. The van der Waals surface area contributed by atoms with Gasteiger partial charge in [0, 0.05) is 12.5 Å². The number of amides is 3. The number of aromatic nitrogens is 1. The molecule has 1 saturated carbocycles. The van der Waals surface area contributed by atoms with Crippen LogP contribution >= 0.6 is 0 Å². The lowest BCUT2D eigenvalue weighted by Gasteiger charge is -2.35. The van der Waals surface area contributed by atoms with E-state index in [0.717, 1.165) is 68.6 Å². The van der Waals surface area contributed by atoms with Gasteiger partial charge in [-0.2, -0.15) is 0 Å². The number of likely N-dealkylation sites (tertiary alicyclic amines) is 1. The van der Waals surface area contributed by atoms with E-state index in [1.54, 1.807) is 0 Å². The monoisotopic (exact) mass is 396 g/mol. The van der Waals surface area contributed by atoms with Gasteiger partial charge in [-0.05, 0) is 63.1 Å². The summed E-state index contributed by atoms with van der Waals surface area (Å²) in [5.74, 6) is 1.52. The quantitative estimate of drug-likeness (QED) is 0.804. The van der Waals surface area contributed by atoms with Crippen molar-refractivity contribution in [2.45, 2.75) is 56.9 Å². The number of urea groups is 1. The van der Waals surface area contributed by atoms with Gasteiger partial charge in [-0.1, -0.05) is 19.1 Å². The van der Waals surface area contributed by atoms with Crippen LogP contribution in [0.25, 0.3) is 11.1 Å². The highest BCUT2D eigenvalue weighted by Crippen LogP contribution is 2.37. The number of rotatable bonds is 3. The summed E-state index contributed by atoms with van der Waals surface area (Å²) in [5.41, 5.74) is 1.02. The van der Waals surface area contributed by atoms with Crippen LogP contribution in [0, 0.1) is 5.92 Å². The zero-order valence-electron chi connectivity index (χ0n) is 16.9. The molecule has 1 atom stereocenters. The topological polar surface area (TPSA) is 78.7 Å². The number of hydrogen-bond donors (Lipinski definition) is 1. The number of imide groups is 1. The first-order valence-electron chi connectivity index (χ1n) is 10.8. The summed E-state index contributed by atoms with van der Waals surface area (Å²) in [6.45, 7) is 4.18. The van der Waals surface area contributed by atoms with Crippen LogP contribution in [-0.2, 0) is 4.79 Å². The molecule has 1 spiro atoms. The molecule has 2 saturated heterocycles. The number of carbonyl (C=O) groups excluding carboxylic acids is 2. The molecule has 3 amide bonds. The number of piperidine rings is 1. The Kier molecular flexibility index (Phi) is 4.57. The van der Waals surface area contributed by atoms with E-state index >= 15 is 0 Å². The fourth-order valence-corrected chi connectivity index (χ4v) is 5.05. The first-order chi connectivity index (χ1) is 14.0. The maximum Gasteiger partial charge on any atom is 0.326 e. The molecule has 2 aromatic rings. The van der Waals surface area contributed by atoms with Gasteiger partial charge in [0.2, 0.25) is 0 Å². The van der Waals surface area contributed by atoms with Gasteiger partial charge in [0.05, 0.1) is 6.67 Å². The van der Waals surface area contributed by atoms with Gasteiger partial charge in [-0.3, -0.25) is 9.69 Å². The normalized spacial score (nSPS) is 31.0. The van der Waals surface area contributed by atoms with E-state index in [1.807, 2.05) is 24.3 Å². The van der Waals surface area contributed by atoms with Crippen molar-refractivity contribution in [2.75, 3.05) is 19.8 Å². The highest BCUT2D eigenvalue weighted by atomic mass is 16.3. The van der Waals surface area contributed by atoms with Gasteiger partial charge in [-0.25, -0.2) is 14.7 Å². The van der Waals surface area contributed by atoms with E-state index in [1.165, 1.54) is 4.90 Å². The second-order valence-corrected chi connectivity index (χ2v) is 9.01. The van der Waals surface area contributed by atoms with Crippen molar-refractivity contribution in [1.82, 2.24) is 20.1 Å². The van der Waals surface area contributed by atoms with Gasteiger partial charge in [-0.15, -0.1) is 0 Å². The van der Waals surface area contributed by atoms with E-state index < -0.39 is 5.54 Å². The van der Waals surface area contributed by atoms with Crippen LogP contribution in [0.5, 0.6) is 0 Å². The molecule has 3 fully saturated rings. The Balaban J connectivity index is 1.28. The van der Waals surface area contributed by atoms with Crippen LogP contribution in [0.3, 0.4) is 0 Å². The minimum absolute atomic E-state index is 0.0432. The van der Waals surface area contributed by atoms with Gasteiger partial charge in [0.25, 0.3) is 5.91 Å². The number of nitrogens with one attached hydrogen (secondary N) is 1. The van der Waals surface area contributed by atoms with E-state index in [9.17, 15) is 9.59 Å². The van der Waals surface area contributed by atoms with Crippen LogP contribution in [0.2, 0.25) is 0 Å². The third-order valence-corrected chi connectivity index (χ3v) is 6.88. The number of benzene rings is 1. The molecule has 7 heteroatoms. The predicted octanol–water partition coefficient (Wildman–Crippen LogP) is 3.47. The fraction of sp³-hybridized carbons (Fsp3) is 0.591. The highest BCUT2D eigenvalue weighted by Gasteiger charge is 2.52. The number of carbonyl (C=O) groups is 2. The predicted molar refractivity (Wildman–Crippen MR) is 108 cm³/mol. The van der Waals surface area contributed by atoms with Crippen LogP contribution in [0.15, 0.2) is 28.7 Å². The zero-order valence-corrected chi connectivity index (χ0v) is 16.9. The Hall–Kier alpha value is -2.41. The summed E-state index contributed by atoms with van der Waals surface area (Å²) in [6, 6.07) is 7.56. The molecule has 7 nitrogen and oxygen atoms in total. The zero-order chi connectivity index (χ0) is 20.0. The van der Waals surface area contributed by atoms with Crippen molar-refractivity contribution >= 4 is 23.0 Å². The van der Waals surface area contributed by atoms with Gasteiger partial charge in [0.1, 0.15) is 11.1 Å². The van der Waals surface area contributed by atoms with Gasteiger partial charge in [0.15, 0.2) is 11.5 Å². The Labute approximate surface area is 170 Å². The minimum Gasteiger partial charge on any atom is -0.440 e. The average molecular weight is 396 g/mol. The molecule has 1 aliphatic carbocycles. The molecule has 0 bridgehead atoms. The lowest BCUT2D eigenvalue weighted by Crippen LogP contribution is -2.50. The molecule has 2 aliphatic heterocycles.